The lowest BCUT2D eigenvalue weighted by atomic mass is 10.1. The van der Waals surface area contributed by atoms with Gasteiger partial charge >= 0.3 is 6.18 Å². The quantitative estimate of drug-likeness (QED) is 0.480. The van der Waals surface area contributed by atoms with Crippen molar-refractivity contribution in [3.8, 4) is 0 Å². The number of rotatable bonds is 3. The molecule has 0 aliphatic heterocycles. The van der Waals surface area contributed by atoms with Crippen molar-refractivity contribution < 1.29 is 35.5 Å². The minimum atomic E-state index is -4.72. The number of carbonyl (C=O) groups is 1. The molecule has 0 heterocycles. The summed E-state index contributed by atoms with van der Waals surface area (Å²) in [6.07, 6.45) is -4.72. The summed E-state index contributed by atoms with van der Waals surface area (Å²) in [7, 11) is 2.94. The number of nitrogens with zero attached hydrogens (tertiary/aromatic N) is 1. The molecule has 1 N–H and O–H groups in total. The smallest absolute Gasteiger partial charge is 0.376 e. The maximum Gasteiger partial charge on any atom is 0.416 e. The molecule has 0 bridgehead atoms. The normalized spacial score (nSPS) is 11.4. The van der Waals surface area contributed by atoms with E-state index in [1.165, 1.54) is 19.0 Å². The second-order valence-electron chi connectivity index (χ2n) is 5.43. The molecule has 3 nitrogen and oxygen atoms in total. The van der Waals surface area contributed by atoms with Crippen molar-refractivity contribution in [3.05, 3.63) is 58.7 Å². The Morgan fingerprint density at radius 2 is 1.58 bits per heavy atom. The highest BCUT2D eigenvalue weighted by Gasteiger charge is 2.32. The molecular weight excluding hydrogens is 369 g/mol. The summed E-state index contributed by atoms with van der Waals surface area (Å²) >= 11 is 0. The van der Waals surface area contributed by atoms with Gasteiger partial charge in [-0.15, -0.1) is 0 Å². The van der Waals surface area contributed by atoms with E-state index in [4.69, 9.17) is 0 Å². The fourth-order valence-corrected chi connectivity index (χ4v) is 2.13. The van der Waals surface area contributed by atoms with Gasteiger partial charge in [-0.3, -0.25) is 4.79 Å². The van der Waals surface area contributed by atoms with Crippen LogP contribution in [0.2, 0.25) is 0 Å². The van der Waals surface area contributed by atoms with Crippen LogP contribution in [0.4, 0.5) is 42.1 Å². The van der Waals surface area contributed by atoms with Gasteiger partial charge in [-0.25, -0.2) is 17.6 Å². The minimum absolute atomic E-state index is 0.117. The highest BCUT2D eigenvalue weighted by molar-refractivity contribution is 6.06. The number of amides is 1. The minimum Gasteiger partial charge on any atom is -0.376 e. The van der Waals surface area contributed by atoms with Gasteiger partial charge in [0, 0.05) is 14.1 Å². The second kappa shape index (κ2) is 6.85. The van der Waals surface area contributed by atoms with Crippen LogP contribution in [0.3, 0.4) is 0 Å². The van der Waals surface area contributed by atoms with Gasteiger partial charge in [0.1, 0.15) is 0 Å². The monoisotopic (exact) mass is 380 g/mol. The Morgan fingerprint density at radius 3 is 2.12 bits per heavy atom. The van der Waals surface area contributed by atoms with Crippen LogP contribution in [0.25, 0.3) is 0 Å². The molecule has 0 aliphatic rings. The molecule has 0 spiro atoms. The number of benzene rings is 2. The van der Waals surface area contributed by atoms with E-state index in [0.29, 0.717) is 6.07 Å². The van der Waals surface area contributed by atoms with Crippen molar-refractivity contribution in [3.63, 3.8) is 0 Å². The summed E-state index contributed by atoms with van der Waals surface area (Å²) < 4.78 is 91.7. The van der Waals surface area contributed by atoms with E-state index in [0.717, 1.165) is 12.1 Å². The molecule has 0 aromatic heterocycles. The van der Waals surface area contributed by atoms with Gasteiger partial charge in [-0.05, 0) is 24.3 Å². The van der Waals surface area contributed by atoms with Crippen LogP contribution in [0.5, 0.6) is 0 Å². The van der Waals surface area contributed by atoms with Gasteiger partial charge in [-0.1, -0.05) is 0 Å². The molecule has 0 fully saturated rings. The standard InChI is InChI=1S/C16H11F7N2O/c1-25(2)11-4-3-7(16(21,22)23)5-10(11)24-15(26)8-6-9(17)13(19)14(20)12(8)18/h3-6H,1-2H3,(H,24,26). The van der Waals surface area contributed by atoms with Crippen LogP contribution in [0, 0.1) is 23.3 Å². The van der Waals surface area contributed by atoms with Crippen LogP contribution in [-0.2, 0) is 6.18 Å². The van der Waals surface area contributed by atoms with Gasteiger partial charge in [-0.2, -0.15) is 13.2 Å². The van der Waals surface area contributed by atoms with Crippen molar-refractivity contribution in [1.82, 2.24) is 0 Å². The van der Waals surface area contributed by atoms with Gasteiger partial charge < -0.3 is 10.2 Å². The molecule has 140 valence electrons. The molecule has 0 unspecified atom stereocenters. The molecule has 26 heavy (non-hydrogen) atoms. The van der Waals surface area contributed by atoms with Crippen LogP contribution >= 0.6 is 0 Å². The first-order valence-corrected chi connectivity index (χ1v) is 6.96. The maximum absolute atomic E-state index is 13.7. The molecule has 2 aromatic carbocycles. The fraction of sp³-hybridized carbons (Fsp3) is 0.188. The largest absolute Gasteiger partial charge is 0.416 e. The molecule has 0 radical (unpaired) electrons. The molecule has 2 aromatic rings. The number of halogens is 7. The van der Waals surface area contributed by atoms with Gasteiger partial charge in [0.15, 0.2) is 23.3 Å². The Bertz CT molecular complexity index is 863. The van der Waals surface area contributed by atoms with E-state index in [1.54, 1.807) is 0 Å². The molecule has 1 amide bonds. The predicted molar refractivity (Wildman–Crippen MR) is 80.0 cm³/mol. The highest BCUT2D eigenvalue weighted by Crippen LogP contribution is 2.35. The third kappa shape index (κ3) is 3.73. The second-order valence-corrected chi connectivity index (χ2v) is 5.43. The Morgan fingerprint density at radius 1 is 0.962 bits per heavy atom. The number of hydrogen-bond donors (Lipinski definition) is 1. The third-order valence-corrected chi connectivity index (χ3v) is 3.40. The molecule has 0 aliphatic carbocycles. The highest BCUT2D eigenvalue weighted by atomic mass is 19.4. The van der Waals surface area contributed by atoms with Crippen molar-refractivity contribution in [1.29, 1.82) is 0 Å². The number of anilines is 2. The van der Waals surface area contributed by atoms with Crippen molar-refractivity contribution in [2.75, 3.05) is 24.3 Å². The summed E-state index contributed by atoms with van der Waals surface area (Å²) in [5.41, 5.74) is -2.55. The van der Waals surface area contributed by atoms with Crippen molar-refractivity contribution in [2.45, 2.75) is 6.18 Å². The van der Waals surface area contributed by atoms with E-state index in [1.807, 2.05) is 5.32 Å². The fourth-order valence-electron chi connectivity index (χ4n) is 2.13. The Balaban J connectivity index is 2.49. The summed E-state index contributed by atoms with van der Waals surface area (Å²) in [4.78, 5) is 13.4. The first-order chi connectivity index (χ1) is 11.9. The summed E-state index contributed by atoms with van der Waals surface area (Å²) in [5, 5.41) is 1.96. The van der Waals surface area contributed by atoms with E-state index in [-0.39, 0.29) is 17.4 Å². The number of nitrogens with one attached hydrogen (secondary N) is 1. The van der Waals surface area contributed by atoms with Gasteiger partial charge in [0.25, 0.3) is 5.91 Å². The number of hydrogen-bond acceptors (Lipinski definition) is 2. The molecule has 10 heteroatoms. The van der Waals surface area contributed by atoms with E-state index in [2.05, 4.69) is 0 Å². The lowest BCUT2D eigenvalue weighted by Crippen LogP contribution is -2.20. The molecule has 0 atom stereocenters. The summed E-state index contributed by atoms with van der Waals surface area (Å²) in [5.74, 6) is -9.52. The Labute approximate surface area is 143 Å². The zero-order chi connectivity index (χ0) is 19.8. The maximum atomic E-state index is 13.7. The van der Waals surface area contributed by atoms with E-state index in [9.17, 15) is 35.5 Å². The average Bonchev–Trinajstić information content (AvgIpc) is 2.55. The SMILES string of the molecule is CN(C)c1ccc(C(F)(F)F)cc1NC(=O)c1cc(F)c(F)c(F)c1F. The topological polar surface area (TPSA) is 32.3 Å². The summed E-state index contributed by atoms with van der Waals surface area (Å²) in [6.45, 7) is 0. The molecule has 2 rings (SSSR count). The van der Waals surface area contributed by atoms with Crippen LogP contribution < -0.4 is 10.2 Å². The molecule has 0 saturated heterocycles. The third-order valence-electron chi connectivity index (χ3n) is 3.40. The van der Waals surface area contributed by atoms with Crippen molar-refractivity contribution in [2.24, 2.45) is 0 Å². The number of carbonyl (C=O) groups excluding carboxylic acids is 1. The Hall–Kier alpha value is -2.78. The summed E-state index contributed by atoms with van der Waals surface area (Å²) in [6, 6.07) is 2.52. The zero-order valence-corrected chi connectivity index (χ0v) is 13.3. The Kier molecular flexibility index (Phi) is 5.15. The van der Waals surface area contributed by atoms with Crippen molar-refractivity contribution >= 4 is 17.3 Å². The average molecular weight is 380 g/mol. The lowest BCUT2D eigenvalue weighted by Gasteiger charge is -2.20. The van der Waals surface area contributed by atoms with Crippen LogP contribution in [0.1, 0.15) is 15.9 Å². The van der Waals surface area contributed by atoms with Crippen LogP contribution in [0.15, 0.2) is 24.3 Å². The van der Waals surface area contributed by atoms with Crippen LogP contribution in [-0.4, -0.2) is 20.0 Å². The number of alkyl halides is 3. The van der Waals surface area contributed by atoms with E-state index >= 15 is 0 Å². The lowest BCUT2D eigenvalue weighted by molar-refractivity contribution is -0.137. The first kappa shape index (κ1) is 19.5. The van der Waals surface area contributed by atoms with Gasteiger partial charge in [0.2, 0.25) is 0 Å². The molecule has 0 saturated carbocycles. The zero-order valence-electron chi connectivity index (χ0n) is 13.3. The first-order valence-electron chi connectivity index (χ1n) is 6.96. The van der Waals surface area contributed by atoms with E-state index < -0.39 is 46.5 Å². The molecular formula is C16H11F7N2O. The predicted octanol–water partition coefficient (Wildman–Crippen LogP) is 4.58. The van der Waals surface area contributed by atoms with Gasteiger partial charge in [0.05, 0.1) is 22.5 Å².